The van der Waals surface area contributed by atoms with Crippen LogP contribution in [0.15, 0.2) is 12.3 Å². The van der Waals surface area contributed by atoms with Gasteiger partial charge < -0.3 is 9.64 Å². The maximum atomic E-state index is 11.9. The molecule has 4 nitrogen and oxygen atoms in total. The molecule has 4 heteroatoms. The predicted octanol–water partition coefficient (Wildman–Crippen LogP) is 4.17. The van der Waals surface area contributed by atoms with E-state index in [9.17, 15) is 4.79 Å². The molecule has 1 atom stereocenters. The lowest BCUT2D eigenvalue weighted by molar-refractivity contribution is -0.0179. The van der Waals surface area contributed by atoms with Gasteiger partial charge in [0.05, 0.1) is 5.56 Å². The molecular formula is C18H32N2O2. The molecule has 2 rings (SSSR count). The summed E-state index contributed by atoms with van der Waals surface area (Å²) in [6.45, 7) is 12.9. The number of rotatable bonds is 4. The molecule has 0 N–H and O–H groups in total. The summed E-state index contributed by atoms with van der Waals surface area (Å²) in [5.74, 6) is -0.238. The standard InChI is InChI=1S/C14H20N2O2.2C2H6/c1-5-14(6-7-16(3)4)12-8-10(2)15-9-11(12)13(17)18-14;2*1-2/h8-9H,5-7H2,1-4H3;2*1-2H3. The number of pyridine rings is 1. The molecule has 0 radical (unpaired) electrons. The van der Waals surface area contributed by atoms with Crippen molar-refractivity contribution < 1.29 is 9.53 Å². The number of nitrogens with zero attached hydrogens (tertiary/aromatic N) is 2. The van der Waals surface area contributed by atoms with Gasteiger partial charge in [-0.1, -0.05) is 34.6 Å². The Balaban J connectivity index is 0.00000102. The van der Waals surface area contributed by atoms with E-state index in [1.54, 1.807) is 6.20 Å². The van der Waals surface area contributed by atoms with Crippen LogP contribution in [-0.4, -0.2) is 36.5 Å². The smallest absolute Gasteiger partial charge is 0.341 e. The number of carbonyl (C=O) groups excluding carboxylic acids is 1. The highest BCUT2D eigenvalue weighted by Crippen LogP contribution is 2.41. The van der Waals surface area contributed by atoms with Crippen molar-refractivity contribution in [2.75, 3.05) is 20.6 Å². The van der Waals surface area contributed by atoms with Crippen LogP contribution in [0.4, 0.5) is 0 Å². The lowest BCUT2D eigenvalue weighted by Crippen LogP contribution is -2.30. The van der Waals surface area contributed by atoms with Gasteiger partial charge in [0.25, 0.3) is 0 Å². The Kier molecular flexibility index (Phi) is 8.95. The summed E-state index contributed by atoms with van der Waals surface area (Å²) in [6, 6.07) is 1.99. The minimum absolute atomic E-state index is 0.238. The highest BCUT2D eigenvalue weighted by molar-refractivity contribution is 5.94. The third-order valence-electron chi connectivity index (χ3n) is 3.57. The van der Waals surface area contributed by atoms with Crippen molar-refractivity contribution in [2.24, 2.45) is 0 Å². The number of esters is 1. The maximum absolute atomic E-state index is 11.9. The number of cyclic esters (lactones) is 1. The van der Waals surface area contributed by atoms with Gasteiger partial charge in [0, 0.05) is 30.4 Å². The summed E-state index contributed by atoms with van der Waals surface area (Å²) < 4.78 is 5.67. The van der Waals surface area contributed by atoms with Crippen molar-refractivity contribution in [2.45, 2.75) is 60.0 Å². The normalized spacial score (nSPS) is 18.7. The van der Waals surface area contributed by atoms with Crippen molar-refractivity contribution in [1.29, 1.82) is 0 Å². The molecule has 1 aromatic heterocycles. The second-order valence-electron chi connectivity index (χ2n) is 5.16. The van der Waals surface area contributed by atoms with Crippen molar-refractivity contribution in [1.82, 2.24) is 9.88 Å². The number of hydrogen-bond acceptors (Lipinski definition) is 4. The molecular weight excluding hydrogens is 276 g/mol. The summed E-state index contributed by atoms with van der Waals surface area (Å²) >= 11 is 0. The average molecular weight is 308 g/mol. The van der Waals surface area contributed by atoms with Crippen molar-refractivity contribution in [3.05, 3.63) is 29.1 Å². The first-order chi connectivity index (χ1) is 10.5. The quantitative estimate of drug-likeness (QED) is 0.783. The van der Waals surface area contributed by atoms with Gasteiger partial charge in [-0.15, -0.1) is 0 Å². The third-order valence-corrected chi connectivity index (χ3v) is 3.57. The van der Waals surface area contributed by atoms with Crippen LogP contribution in [0.3, 0.4) is 0 Å². The van der Waals surface area contributed by atoms with Gasteiger partial charge in [-0.05, 0) is 33.5 Å². The van der Waals surface area contributed by atoms with Gasteiger partial charge >= 0.3 is 5.97 Å². The zero-order valence-corrected chi connectivity index (χ0v) is 15.5. The minimum Gasteiger partial charge on any atom is -0.450 e. The molecule has 1 unspecified atom stereocenters. The summed E-state index contributed by atoms with van der Waals surface area (Å²) in [4.78, 5) is 18.2. The minimum atomic E-state index is -0.468. The molecule has 1 aliphatic heterocycles. The Morgan fingerprint density at radius 1 is 1.23 bits per heavy atom. The molecule has 1 aromatic rings. The second kappa shape index (κ2) is 9.57. The number of aromatic nitrogens is 1. The Morgan fingerprint density at radius 3 is 2.32 bits per heavy atom. The highest BCUT2D eigenvalue weighted by Gasteiger charge is 2.44. The van der Waals surface area contributed by atoms with Crippen LogP contribution in [0.25, 0.3) is 0 Å². The van der Waals surface area contributed by atoms with E-state index in [2.05, 4.69) is 16.8 Å². The van der Waals surface area contributed by atoms with E-state index in [-0.39, 0.29) is 5.97 Å². The molecule has 0 aromatic carbocycles. The molecule has 0 spiro atoms. The van der Waals surface area contributed by atoms with Crippen LogP contribution in [0.5, 0.6) is 0 Å². The van der Waals surface area contributed by atoms with Gasteiger partial charge in [0.1, 0.15) is 5.60 Å². The summed E-state index contributed by atoms with van der Waals surface area (Å²) in [5, 5.41) is 0. The summed E-state index contributed by atoms with van der Waals surface area (Å²) in [5.41, 5.74) is 2.09. The number of ether oxygens (including phenoxy) is 1. The number of hydrogen-bond donors (Lipinski definition) is 0. The third kappa shape index (κ3) is 4.54. The van der Waals surface area contributed by atoms with Crippen LogP contribution < -0.4 is 0 Å². The Bertz CT molecular complexity index is 472. The first-order valence-corrected chi connectivity index (χ1v) is 8.34. The Hall–Kier alpha value is -1.42. The molecule has 0 saturated carbocycles. The van der Waals surface area contributed by atoms with Crippen LogP contribution in [0.1, 0.15) is 69.1 Å². The molecule has 126 valence electrons. The van der Waals surface area contributed by atoms with Crippen molar-refractivity contribution in [3.8, 4) is 0 Å². The Labute approximate surface area is 135 Å². The average Bonchev–Trinajstić information content (AvgIpc) is 2.82. The summed E-state index contributed by atoms with van der Waals surface area (Å²) in [6.07, 6.45) is 3.25. The largest absolute Gasteiger partial charge is 0.450 e. The van der Waals surface area contributed by atoms with Gasteiger partial charge in [-0.25, -0.2) is 4.79 Å². The second-order valence-corrected chi connectivity index (χ2v) is 5.16. The van der Waals surface area contributed by atoms with Crippen LogP contribution in [-0.2, 0) is 10.3 Å². The molecule has 2 heterocycles. The topological polar surface area (TPSA) is 42.4 Å². The van der Waals surface area contributed by atoms with E-state index in [0.717, 1.165) is 30.6 Å². The van der Waals surface area contributed by atoms with Crippen molar-refractivity contribution >= 4 is 5.97 Å². The monoisotopic (exact) mass is 308 g/mol. The van der Waals surface area contributed by atoms with E-state index in [4.69, 9.17) is 4.74 Å². The number of fused-ring (bicyclic) bond motifs is 1. The molecule has 0 saturated heterocycles. The molecule has 0 bridgehead atoms. The molecule has 0 amide bonds. The molecule has 22 heavy (non-hydrogen) atoms. The van der Waals surface area contributed by atoms with Gasteiger partial charge in [-0.3, -0.25) is 4.98 Å². The van der Waals surface area contributed by atoms with E-state index < -0.39 is 5.60 Å². The van der Waals surface area contributed by atoms with E-state index >= 15 is 0 Å². The predicted molar refractivity (Wildman–Crippen MR) is 92.2 cm³/mol. The zero-order chi connectivity index (χ0) is 17.3. The summed E-state index contributed by atoms with van der Waals surface area (Å²) in [7, 11) is 4.05. The van der Waals surface area contributed by atoms with Crippen LogP contribution in [0, 0.1) is 6.92 Å². The SMILES string of the molecule is CC.CC.CCC1(CCN(C)C)OC(=O)c2cnc(C)cc21. The molecule has 1 aliphatic rings. The fraction of sp³-hybridized carbons (Fsp3) is 0.667. The number of aryl methyl sites for hydroxylation is 1. The maximum Gasteiger partial charge on any atom is 0.341 e. The van der Waals surface area contributed by atoms with E-state index in [1.165, 1.54) is 0 Å². The highest BCUT2D eigenvalue weighted by atomic mass is 16.6. The van der Waals surface area contributed by atoms with Crippen molar-refractivity contribution in [3.63, 3.8) is 0 Å². The van der Waals surface area contributed by atoms with Crippen LogP contribution in [0.2, 0.25) is 0 Å². The first-order valence-electron chi connectivity index (χ1n) is 8.34. The van der Waals surface area contributed by atoms with Crippen LogP contribution >= 0.6 is 0 Å². The molecule has 0 fully saturated rings. The molecule has 0 aliphatic carbocycles. The van der Waals surface area contributed by atoms with E-state index in [1.807, 2.05) is 54.8 Å². The fourth-order valence-corrected chi connectivity index (χ4v) is 2.42. The zero-order valence-electron chi connectivity index (χ0n) is 15.5. The first kappa shape index (κ1) is 20.6. The van der Waals surface area contributed by atoms with Gasteiger partial charge in [-0.2, -0.15) is 0 Å². The Morgan fingerprint density at radius 2 is 1.82 bits per heavy atom. The fourth-order valence-electron chi connectivity index (χ4n) is 2.42. The van der Waals surface area contributed by atoms with Gasteiger partial charge in [0.15, 0.2) is 0 Å². The number of carbonyl (C=O) groups is 1. The lowest BCUT2D eigenvalue weighted by atomic mass is 9.87. The van der Waals surface area contributed by atoms with Gasteiger partial charge in [0.2, 0.25) is 0 Å². The lowest BCUT2D eigenvalue weighted by Gasteiger charge is -2.29. The van der Waals surface area contributed by atoms with E-state index in [0.29, 0.717) is 5.56 Å².